The van der Waals surface area contributed by atoms with E-state index in [4.69, 9.17) is 11.6 Å². The summed E-state index contributed by atoms with van der Waals surface area (Å²) in [6.07, 6.45) is 0. The number of benzene rings is 1. The smallest absolute Gasteiger partial charge is 0.270 e. The van der Waals surface area contributed by atoms with Crippen LogP contribution in [0.5, 0.6) is 0 Å². The highest BCUT2D eigenvalue weighted by molar-refractivity contribution is 6.30. The molecule has 6 heteroatoms. The molecule has 116 valence electrons. The third kappa shape index (κ3) is 4.70. The van der Waals surface area contributed by atoms with Crippen molar-refractivity contribution < 1.29 is 4.79 Å². The van der Waals surface area contributed by atoms with E-state index in [0.29, 0.717) is 22.4 Å². The molecule has 0 saturated carbocycles. The van der Waals surface area contributed by atoms with Crippen molar-refractivity contribution in [3.63, 3.8) is 0 Å². The summed E-state index contributed by atoms with van der Waals surface area (Å²) in [6.45, 7) is 7.58. The van der Waals surface area contributed by atoms with Crippen LogP contribution in [0.4, 0.5) is 11.6 Å². The minimum Gasteiger partial charge on any atom is -0.346 e. The molecular formula is C16H19ClN4O. The number of rotatable bonds is 3. The molecule has 5 nitrogen and oxygen atoms in total. The van der Waals surface area contributed by atoms with Crippen molar-refractivity contribution in [3.05, 3.63) is 46.7 Å². The highest BCUT2D eigenvalue weighted by atomic mass is 35.5. The molecule has 1 amide bonds. The van der Waals surface area contributed by atoms with Crippen molar-refractivity contribution >= 4 is 29.1 Å². The topological polar surface area (TPSA) is 66.9 Å². The van der Waals surface area contributed by atoms with E-state index in [-0.39, 0.29) is 11.4 Å². The van der Waals surface area contributed by atoms with Crippen LogP contribution in [0, 0.1) is 6.92 Å². The summed E-state index contributed by atoms with van der Waals surface area (Å²) in [4.78, 5) is 20.8. The summed E-state index contributed by atoms with van der Waals surface area (Å²) in [5, 5.41) is 6.56. The minimum absolute atomic E-state index is 0.229. The van der Waals surface area contributed by atoms with Gasteiger partial charge in [0.05, 0.1) is 0 Å². The lowest BCUT2D eigenvalue weighted by Gasteiger charge is -2.20. The first-order valence-corrected chi connectivity index (χ1v) is 7.31. The molecule has 2 N–H and O–H groups in total. The Morgan fingerprint density at radius 3 is 2.55 bits per heavy atom. The third-order valence-electron chi connectivity index (χ3n) is 2.66. The summed E-state index contributed by atoms with van der Waals surface area (Å²) < 4.78 is 0. The van der Waals surface area contributed by atoms with E-state index in [1.54, 1.807) is 18.2 Å². The summed E-state index contributed by atoms with van der Waals surface area (Å²) in [6, 6.07) is 8.89. The Bertz CT molecular complexity index is 695. The number of hydrogen-bond acceptors (Lipinski definition) is 4. The van der Waals surface area contributed by atoms with Crippen LogP contribution in [-0.2, 0) is 0 Å². The number of hydrogen-bond donors (Lipinski definition) is 2. The standard InChI is InChI=1S/C16H19ClN4O/c1-10-8-13(14(22)21-16(2,3)4)20-15(18-10)19-12-7-5-6-11(17)9-12/h5-9H,1-4H3,(H,21,22)(H,18,19,20). The van der Waals surface area contributed by atoms with Crippen LogP contribution >= 0.6 is 11.6 Å². The van der Waals surface area contributed by atoms with Gasteiger partial charge in [-0.1, -0.05) is 17.7 Å². The summed E-state index contributed by atoms with van der Waals surface area (Å²) >= 11 is 5.95. The second-order valence-electron chi connectivity index (χ2n) is 6.06. The number of aromatic nitrogens is 2. The van der Waals surface area contributed by atoms with Crippen LogP contribution in [0.2, 0.25) is 5.02 Å². The van der Waals surface area contributed by atoms with E-state index >= 15 is 0 Å². The van der Waals surface area contributed by atoms with Gasteiger partial charge in [0.25, 0.3) is 5.91 Å². The number of nitrogens with zero attached hydrogens (tertiary/aromatic N) is 2. The predicted octanol–water partition coefficient (Wildman–Crippen LogP) is 3.71. The molecule has 22 heavy (non-hydrogen) atoms. The lowest BCUT2D eigenvalue weighted by atomic mass is 10.1. The van der Waals surface area contributed by atoms with Gasteiger partial charge in [-0.15, -0.1) is 0 Å². The molecule has 1 heterocycles. The van der Waals surface area contributed by atoms with Gasteiger partial charge in [0, 0.05) is 21.9 Å². The largest absolute Gasteiger partial charge is 0.346 e. The van der Waals surface area contributed by atoms with Crippen molar-refractivity contribution in [2.24, 2.45) is 0 Å². The van der Waals surface area contributed by atoms with E-state index in [9.17, 15) is 4.79 Å². The number of carbonyl (C=O) groups is 1. The van der Waals surface area contributed by atoms with E-state index in [1.807, 2.05) is 39.8 Å². The first-order valence-electron chi connectivity index (χ1n) is 6.94. The Labute approximate surface area is 135 Å². The first kappa shape index (κ1) is 16.2. The molecule has 0 aliphatic heterocycles. The number of amides is 1. The van der Waals surface area contributed by atoms with Gasteiger partial charge in [-0.2, -0.15) is 0 Å². The van der Waals surface area contributed by atoms with Gasteiger partial charge in [0.15, 0.2) is 0 Å². The Balaban J connectivity index is 2.25. The fraction of sp³-hybridized carbons (Fsp3) is 0.312. The quantitative estimate of drug-likeness (QED) is 0.905. The summed E-state index contributed by atoms with van der Waals surface area (Å²) in [5.41, 5.74) is 1.47. The predicted molar refractivity (Wildman–Crippen MR) is 88.7 cm³/mol. The molecular weight excluding hydrogens is 300 g/mol. The maximum atomic E-state index is 12.2. The van der Waals surface area contributed by atoms with Crippen LogP contribution < -0.4 is 10.6 Å². The van der Waals surface area contributed by atoms with Gasteiger partial charge >= 0.3 is 0 Å². The van der Waals surface area contributed by atoms with Crippen molar-refractivity contribution in [2.75, 3.05) is 5.32 Å². The molecule has 1 aromatic carbocycles. The molecule has 0 unspecified atom stereocenters. The fourth-order valence-electron chi connectivity index (χ4n) is 1.84. The van der Waals surface area contributed by atoms with Crippen LogP contribution in [0.15, 0.2) is 30.3 Å². The van der Waals surface area contributed by atoms with E-state index in [0.717, 1.165) is 5.69 Å². The van der Waals surface area contributed by atoms with Gasteiger partial charge in [0.2, 0.25) is 5.95 Å². The Morgan fingerprint density at radius 1 is 1.18 bits per heavy atom. The molecule has 0 aliphatic rings. The highest BCUT2D eigenvalue weighted by Gasteiger charge is 2.17. The first-order chi connectivity index (χ1) is 10.2. The third-order valence-corrected chi connectivity index (χ3v) is 2.89. The van der Waals surface area contributed by atoms with Crippen molar-refractivity contribution in [2.45, 2.75) is 33.2 Å². The summed E-state index contributed by atoms with van der Waals surface area (Å²) in [5.74, 6) is 0.133. The van der Waals surface area contributed by atoms with Gasteiger partial charge in [-0.25, -0.2) is 9.97 Å². The maximum Gasteiger partial charge on any atom is 0.270 e. The van der Waals surface area contributed by atoms with Gasteiger partial charge in [-0.3, -0.25) is 4.79 Å². The molecule has 2 rings (SSSR count). The fourth-order valence-corrected chi connectivity index (χ4v) is 2.03. The normalized spacial score (nSPS) is 11.1. The SMILES string of the molecule is Cc1cc(C(=O)NC(C)(C)C)nc(Nc2cccc(Cl)c2)n1. The van der Waals surface area contributed by atoms with Crippen LogP contribution in [0.3, 0.4) is 0 Å². The number of anilines is 2. The molecule has 1 aromatic heterocycles. The van der Waals surface area contributed by atoms with E-state index in [2.05, 4.69) is 20.6 Å². The molecule has 0 saturated heterocycles. The zero-order valence-electron chi connectivity index (χ0n) is 13.1. The monoisotopic (exact) mass is 318 g/mol. The number of carbonyl (C=O) groups excluding carboxylic acids is 1. The number of halogens is 1. The van der Waals surface area contributed by atoms with E-state index < -0.39 is 0 Å². The summed E-state index contributed by atoms with van der Waals surface area (Å²) in [7, 11) is 0. The molecule has 2 aromatic rings. The van der Waals surface area contributed by atoms with Crippen molar-refractivity contribution in [3.8, 4) is 0 Å². The second-order valence-corrected chi connectivity index (χ2v) is 6.49. The number of nitrogens with one attached hydrogen (secondary N) is 2. The van der Waals surface area contributed by atoms with Crippen LogP contribution in [-0.4, -0.2) is 21.4 Å². The van der Waals surface area contributed by atoms with E-state index in [1.165, 1.54) is 0 Å². The average Bonchev–Trinajstić information content (AvgIpc) is 2.36. The minimum atomic E-state index is -0.323. The molecule has 0 spiro atoms. The Morgan fingerprint density at radius 2 is 1.91 bits per heavy atom. The van der Waals surface area contributed by atoms with Gasteiger partial charge in [0.1, 0.15) is 5.69 Å². The molecule has 0 fully saturated rings. The molecule has 0 atom stereocenters. The lowest BCUT2D eigenvalue weighted by Crippen LogP contribution is -2.41. The molecule has 0 radical (unpaired) electrons. The van der Waals surface area contributed by atoms with Crippen molar-refractivity contribution in [1.82, 2.24) is 15.3 Å². The maximum absolute atomic E-state index is 12.2. The zero-order chi connectivity index (χ0) is 16.3. The molecule has 0 aliphatic carbocycles. The Hall–Kier alpha value is -2.14. The lowest BCUT2D eigenvalue weighted by molar-refractivity contribution is 0.0914. The van der Waals surface area contributed by atoms with Crippen LogP contribution in [0.1, 0.15) is 37.0 Å². The highest BCUT2D eigenvalue weighted by Crippen LogP contribution is 2.18. The average molecular weight is 319 g/mol. The number of aryl methyl sites for hydroxylation is 1. The molecule has 0 bridgehead atoms. The second kappa shape index (κ2) is 6.32. The van der Waals surface area contributed by atoms with Gasteiger partial charge < -0.3 is 10.6 Å². The van der Waals surface area contributed by atoms with Crippen molar-refractivity contribution in [1.29, 1.82) is 0 Å². The Kier molecular flexibility index (Phi) is 4.66. The zero-order valence-corrected chi connectivity index (χ0v) is 13.8. The van der Waals surface area contributed by atoms with Crippen LogP contribution in [0.25, 0.3) is 0 Å². The van der Waals surface area contributed by atoms with Gasteiger partial charge in [-0.05, 0) is 52.0 Å².